The summed E-state index contributed by atoms with van der Waals surface area (Å²) in [5.74, 6) is -2.14. The maximum atomic E-state index is 13.0. The van der Waals surface area contributed by atoms with Gasteiger partial charge in [-0.25, -0.2) is 4.79 Å². The number of carboxylic acid groups (broad SMARTS) is 1. The van der Waals surface area contributed by atoms with Crippen molar-refractivity contribution in [3.05, 3.63) is 64.1 Å². The zero-order valence-corrected chi connectivity index (χ0v) is 16.6. The Morgan fingerprint density at radius 3 is 2.54 bits per heavy atom. The first kappa shape index (κ1) is 19.7. The van der Waals surface area contributed by atoms with Gasteiger partial charge in [-0.15, -0.1) is 0 Å². The number of thiocarbonyl (C=S) groups is 1. The summed E-state index contributed by atoms with van der Waals surface area (Å²) in [7, 11) is 0. The Morgan fingerprint density at radius 2 is 1.86 bits per heavy atom. The van der Waals surface area contributed by atoms with E-state index in [-0.39, 0.29) is 16.4 Å². The SMILES string of the molecule is O=C(O)COc1ccccc1/C=C1\C(=O)NC(=S)N(c2ccc(Br)cc2)C1=O. The molecule has 2 N–H and O–H groups in total. The summed E-state index contributed by atoms with van der Waals surface area (Å²) in [6.45, 7) is -0.546. The van der Waals surface area contributed by atoms with Gasteiger partial charge in [0.05, 0.1) is 5.69 Å². The van der Waals surface area contributed by atoms with Gasteiger partial charge in [0.2, 0.25) is 0 Å². The van der Waals surface area contributed by atoms with Crippen LogP contribution in [0, 0.1) is 0 Å². The van der Waals surface area contributed by atoms with Gasteiger partial charge >= 0.3 is 5.97 Å². The summed E-state index contributed by atoms with van der Waals surface area (Å²) >= 11 is 8.48. The van der Waals surface area contributed by atoms with E-state index >= 15 is 0 Å². The lowest BCUT2D eigenvalue weighted by Crippen LogP contribution is -2.54. The van der Waals surface area contributed by atoms with Crippen molar-refractivity contribution >= 4 is 62.8 Å². The summed E-state index contributed by atoms with van der Waals surface area (Å²) in [5, 5.41) is 11.3. The maximum absolute atomic E-state index is 13.0. The Bertz CT molecular complexity index is 1000. The number of anilines is 1. The van der Waals surface area contributed by atoms with Crippen LogP contribution in [0.4, 0.5) is 5.69 Å². The highest BCUT2D eigenvalue weighted by atomic mass is 79.9. The lowest BCUT2D eigenvalue weighted by molar-refractivity contribution is -0.139. The molecule has 0 atom stereocenters. The van der Waals surface area contributed by atoms with Crippen molar-refractivity contribution in [2.24, 2.45) is 0 Å². The van der Waals surface area contributed by atoms with E-state index in [9.17, 15) is 14.4 Å². The van der Waals surface area contributed by atoms with Gasteiger partial charge in [0, 0.05) is 10.0 Å². The molecule has 2 amide bonds. The highest BCUT2D eigenvalue weighted by Gasteiger charge is 2.34. The van der Waals surface area contributed by atoms with Crippen molar-refractivity contribution in [2.45, 2.75) is 0 Å². The monoisotopic (exact) mass is 460 g/mol. The minimum Gasteiger partial charge on any atom is -0.481 e. The van der Waals surface area contributed by atoms with Crippen LogP contribution in [0.3, 0.4) is 0 Å². The standard InChI is InChI=1S/C19H13BrN2O5S/c20-12-5-7-13(8-6-12)22-18(26)14(17(25)21-19(22)28)9-11-3-1-2-4-15(11)27-10-16(23)24/h1-9H,10H2,(H,23,24)(H,21,25,28)/b14-9+. The van der Waals surface area contributed by atoms with Crippen LogP contribution < -0.4 is 15.0 Å². The van der Waals surface area contributed by atoms with Crippen molar-refractivity contribution < 1.29 is 24.2 Å². The third-order valence-electron chi connectivity index (χ3n) is 3.76. The lowest BCUT2D eigenvalue weighted by Gasteiger charge is -2.29. The average Bonchev–Trinajstić information content (AvgIpc) is 2.65. The molecule has 7 nitrogen and oxygen atoms in total. The van der Waals surface area contributed by atoms with Crippen LogP contribution in [0.15, 0.2) is 58.6 Å². The summed E-state index contributed by atoms with van der Waals surface area (Å²) in [4.78, 5) is 37.3. The summed E-state index contributed by atoms with van der Waals surface area (Å²) in [6, 6.07) is 13.4. The fourth-order valence-corrected chi connectivity index (χ4v) is 3.05. The van der Waals surface area contributed by atoms with Crippen LogP contribution in [0.25, 0.3) is 6.08 Å². The molecule has 9 heteroatoms. The van der Waals surface area contributed by atoms with E-state index in [1.165, 1.54) is 11.0 Å². The predicted octanol–water partition coefficient (Wildman–Crippen LogP) is 2.74. The number of ether oxygens (including phenoxy) is 1. The first-order valence-electron chi connectivity index (χ1n) is 7.97. The largest absolute Gasteiger partial charge is 0.481 e. The Labute approximate surface area is 173 Å². The number of aliphatic carboxylic acids is 1. The van der Waals surface area contributed by atoms with Gasteiger partial charge in [0.15, 0.2) is 11.7 Å². The van der Waals surface area contributed by atoms with Crippen LogP contribution in [0.2, 0.25) is 0 Å². The van der Waals surface area contributed by atoms with E-state index in [1.54, 1.807) is 48.5 Å². The second-order valence-corrected chi connectivity index (χ2v) is 6.96. The van der Waals surface area contributed by atoms with Crippen molar-refractivity contribution in [1.82, 2.24) is 5.32 Å². The second-order valence-electron chi connectivity index (χ2n) is 5.65. The number of benzene rings is 2. The van der Waals surface area contributed by atoms with Gasteiger partial charge in [-0.05, 0) is 48.6 Å². The molecule has 1 saturated heterocycles. The maximum Gasteiger partial charge on any atom is 0.341 e. The number of carbonyl (C=O) groups excluding carboxylic acids is 2. The van der Waals surface area contributed by atoms with Crippen molar-refractivity contribution in [3.63, 3.8) is 0 Å². The molecule has 0 spiro atoms. The molecule has 0 aromatic heterocycles. The fraction of sp³-hybridized carbons (Fsp3) is 0.0526. The van der Waals surface area contributed by atoms with Gasteiger partial charge in [0.25, 0.3) is 11.8 Å². The molecule has 1 aliphatic heterocycles. The summed E-state index contributed by atoms with van der Waals surface area (Å²) < 4.78 is 6.05. The lowest BCUT2D eigenvalue weighted by atomic mass is 10.1. The smallest absolute Gasteiger partial charge is 0.341 e. The molecule has 0 saturated carbocycles. The summed E-state index contributed by atoms with van der Waals surface area (Å²) in [5.41, 5.74) is 0.744. The van der Waals surface area contributed by atoms with Gasteiger partial charge < -0.3 is 9.84 Å². The molecular weight excluding hydrogens is 448 g/mol. The highest BCUT2D eigenvalue weighted by molar-refractivity contribution is 9.10. The van der Waals surface area contributed by atoms with Crippen molar-refractivity contribution in [1.29, 1.82) is 0 Å². The van der Waals surface area contributed by atoms with Gasteiger partial charge in [-0.2, -0.15) is 0 Å². The molecule has 1 heterocycles. The summed E-state index contributed by atoms with van der Waals surface area (Å²) in [6.07, 6.45) is 1.35. The Balaban J connectivity index is 1.98. The van der Waals surface area contributed by atoms with Gasteiger partial charge in [-0.3, -0.25) is 19.8 Å². The zero-order valence-electron chi connectivity index (χ0n) is 14.2. The molecule has 2 aromatic carbocycles. The first-order chi connectivity index (χ1) is 13.4. The molecule has 142 valence electrons. The number of nitrogens with one attached hydrogen (secondary N) is 1. The Kier molecular flexibility index (Phi) is 5.86. The minimum absolute atomic E-state index is 0.0233. The molecule has 2 aromatic rings. The molecule has 1 aliphatic rings. The number of nitrogens with zero attached hydrogens (tertiary/aromatic N) is 1. The van der Waals surface area contributed by atoms with Gasteiger partial charge in [0.1, 0.15) is 11.3 Å². The molecule has 0 radical (unpaired) electrons. The average molecular weight is 461 g/mol. The van der Waals surface area contributed by atoms with Crippen molar-refractivity contribution in [3.8, 4) is 5.75 Å². The number of halogens is 1. The highest BCUT2D eigenvalue weighted by Crippen LogP contribution is 2.26. The fourth-order valence-electron chi connectivity index (χ4n) is 2.51. The molecule has 0 bridgehead atoms. The number of rotatable bonds is 5. The van der Waals surface area contributed by atoms with E-state index in [1.807, 2.05) is 0 Å². The Hall–Kier alpha value is -3.04. The van der Waals surface area contributed by atoms with E-state index < -0.39 is 24.4 Å². The Morgan fingerprint density at radius 1 is 1.18 bits per heavy atom. The third-order valence-corrected chi connectivity index (χ3v) is 4.57. The predicted molar refractivity (Wildman–Crippen MR) is 110 cm³/mol. The molecule has 3 rings (SSSR count). The second kappa shape index (κ2) is 8.32. The first-order valence-corrected chi connectivity index (χ1v) is 9.17. The number of para-hydroxylation sites is 1. The normalized spacial score (nSPS) is 15.5. The van der Waals surface area contributed by atoms with Crippen LogP contribution in [-0.2, 0) is 14.4 Å². The third kappa shape index (κ3) is 4.26. The van der Waals surface area contributed by atoms with Crippen molar-refractivity contribution in [2.75, 3.05) is 11.5 Å². The quantitative estimate of drug-likeness (QED) is 0.404. The topological polar surface area (TPSA) is 95.9 Å². The molecule has 0 aliphatic carbocycles. The number of amides is 2. The molecule has 1 fully saturated rings. The number of carbonyl (C=O) groups is 3. The zero-order chi connectivity index (χ0) is 20.3. The molecular formula is C19H13BrN2O5S. The van der Waals surface area contributed by atoms with E-state index in [2.05, 4.69) is 21.2 Å². The van der Waals surface area contributed by atoms with Gasteiger partial charge in [-0.1, -0.05) is 34.1 Å². The molecule has 28 heavy (non-hydrogen) atoms. The van der Waals surface area contributed by atoms with E-state index in [0.29, 0.717) is 11.3 Å². The van der Waals surface area contributed by atoms with Crippen LogP contribution in [0.5, 0.6) is 5.75 Å². The van der Waals surface area contributed by atoms with E-state index in [0.717, 1.165) is 4.47 Å². The van der Waals surface area contributed by atoms with E-state index in [4.69, 9.17) is 22.1 Å². The number of hydrogen-bond acceptors (Lipinski definition) is 5. The van der Waals surface area contributed by atoms with Crippen LogP contribution in [-0.4, -0.2) is 34.6 Å². The minimum atomic E-state index is -1.14. The number of hydrogen-bond donors (Lipinski definition) is 2. The van der Waals surface area contributed by atoms with Crippen LogP contribution in [0.1, 0.15) is 5.56 Å². The van der Waals surface area contributed by atoms with Crippen LogP contribution >= 0.6 is 28.1 Å². The number of carboxylic acids is 1. The molecule has 0 unspecified atom stereocenters.